The summed E-state index contributed by atoms with van der Waals surface area (Å²) in [4.78, 5) is 27.4. The summed E-state index contributed by atoms with van der Waals surface area (Å²) in [6.07, 6.45) is 7.90. The van der Waals surface area contributed by atoms with Gasteiger partial charge in [-0.25, -0.2) is 0 Å². The quantitative estimate of drug-likeness (QED) is 0.716. The van der Waals surface area contributed by atoms with Crippen molar-refractivity contribution in [3.05, 3.63) is 0 Å². The highest BCUT2D eigenvalue weighted by molar-refractivity contribution is 5.97. The molecule has 0 spiro atoms. The molecule has 2 rings (SSSR count). The van der Waals surface area contributed by atoms with Crippen LogP contribution in [0.1, 0.15) is 58.3 Å². The van der Waals surface area contributed by atoms with Gasteiger partial charge in [-0.1, -0.05) is 13.3 Å². The summed E-state index contributed by atoms with van der Waals surface area (Å²) in [5.74, 6) is 0.0591. The molecule has 2 saturated heterocycles. The molecule has 0 aliphatic carbocycles. The van der Waals surface area contributed by atoms with E-state index in [4.69, 9.17) is 0 Å². The monoisotopic (exact) mass is 266 g/mol. The van der Waals surface area contributed by atoms with E-state index in [9.17, 15) is 9.59 Å². The Morgan fingerprint density at radius 2 is 1.79 bits per heavy atom. The first-order valence-electron chi connectivity index (χ1n) is 7.79. The minimum absolute atomic E-state index is 0.0296. The van der Waals surface area contributed by atoms with Gasteiger partial charge in [0, 0.05) is 32.0 Å². The van der Waals surface area contributed by atoms with Crippen molar-refractivity contribution in [2.75, 3.05) is 19.6 Å². The fourth-order valence-corrected chi connectivity index (χ4v) is 3.30. The third-order valence-corrected chi connectivity index (χ3v) is 4.43. The van der Waals surface area contributed by atoms with Gasteiger partial charge in [-0.2, -0.15) is 0 Å². The van der Waals surface area contributed by atoms with Crippen LogP contribution in [0, 0.1) is 0 Å². The minimum atomic E-state index is 0.0296. The average Bonchev–Trinajstić information content (AvgIpc) is 2.42. The second kappa shape index (κ2) is 7.04. The minimum Gasteiger partial charge on any atom is -0.300 e. The van der Waals surface area contributed by atoms with Crippen LogP contribution in [-0.2, 0) is 9.59 Å². The van der Waals surface area contributed by atoms with Crippen molar-refractivity contribution in [3.63, 3.8) is 0 Å². The fourth-order valence-electron chi connectivity index (χ4n) is 3.30. The maximum Gasteiger partial charge on any atom is 0.229 e. The Kier molecular flexibility index (Phi) is 5.37. The summed E-state index contributed by atoms with van der Waals surface area (Å²) in [5, 5.41) is 0. The first-order chi connectivity index (χ1) is 9.22. The van der Waals surface area contributed by atoms with Gasteiger partial charge in [-0.3, -0.25) is 14.5 Å². The van der Waals surface area contributed by atoms with Crippen LogP contribution < -0.4 is 0 Å². The highest BCUT2D eigenvalue weighted by atomic mass is 16.2. The highest BCUT2D eigenvalue weighted by Crippen LogP contribution is 2.20. The maximum absolute atomic E-state index is 11.7. The van der Waals surface area contributed by atoms with Gasteiger partial charge < -0.3 is 4.90 Å². The van der Waals surface area contributed by atoms with Gasteiger partial charge >= 0.3 is 0 Å². The maximum atomic E-state index is 11.7. The van der Waals surface area contributed by atoms with Crippen molar-refractivity contribution in [2.45, 2.75) is 64.3 Å². The van der Waals surface area contributed by atoms with E-state index >= 15 is 0 Å². The standard InChI is InChI=1S/C15H26N2O2/c1-2-13-7-3-4-10-16(13)11-6-12-17-14(18)8-5-9-15(17)19/h13H,2-12H2,1H3. The van der Waals surface area contributed by atoms with Crippen molar-refractivity contribution in [1.82, 2.24) is 9.80 Å². The molecule has 0 N–H and O–H groups in total. The zero-order chi connectivity index (χ0) is 13.7. The van der Waals surface area contributed by atoms with Crippen LogP contribution >= 0.6 is 0 Å². The van der Waals surface area contributed by atoms with Gasteiger partial charge in [0.15, 0.2) is 0 Å². The molecule has 2 heterocycles. The molecular weight excluding hydrogens is 240 g/mol. The van der Waals surface area contributed by atoms with Crippen LogP contribution in [0.3, 0.4) is 0 Å². The van der Waals surface area contributed by atoms with Crippen molar-refractivity contribution < 1.29 is 9.59 Å². The van der Waals surface area contributed by atoms with E-state index in [-0.39, 0.29) is 11.8 Å². The van der Waals surface area contributed by atoms with Gasteiger partial charge in [0.1, 0.15) is 0 Å². The number of rotatable bonds is 5. The van der Waals surface area contributed by atoms with Crippen LogP contribution in [0.25, 0.3) is 0 Å². The predicted octanol–water partition coefficient (Wildman–Crippen LogP) is 2.18. The number of piperidine rings is 2. The zero-order valence-corrected chi connectivity index (χ0v) is 12.1. The van der Waals surface area contributed by atoms with E-state index in [0.717, 1.165) is 19.4 Å². The molecule has 2 amide bonds. The van der Waals surface area contributed by atoms with Crippen LogP contribution in [0.2, 0.25) is 0 Å². The number of hydrogen-bond acceptors (Lipinski definition) is 3. The van der Waals surface area contributed by atoms with Crippen molar-refractivity contribution >= 4 is 11.8 Å². The van der Waals surface area contributed by atoms with Gasteiger partial charge in [0.05, 0.1) is 0 Å². The number of hydrogen-bond donors (Lipinski definition) is 0. The lowest BCUT2D eigenvalue weighted by molar-refractivity contribution is -0.148. The van der Waals surface area contributed by atoms with Gasteiger partial charge in [-0.15, -0.1) is 0 Å². The molecule has 0 aromatic rings. The van der Waals surface area contributed by atoms with E-state index < -0.39 is 0 Å². The molecule has 0 bridgehead atoms. The zero-order valence-electron chi connectivity index (χ0n) is 12.1. The molecule has 108 valence electrons. The summed E-state index contributed by atoms with van der Waals surface area (Å²) in [7, 11) is 0. The Balaban J connectivity index is 1.75. The number of likely N-dealkylation sites (tertiary alicyclic amines) is 2. The molecule has 2 aliphatic rings. The molecule has 19 heavy (non-hydrogen) atoms. The highest BCUT2D eigenvalue weighted by Gasteiger charge is 2.26. The average molecular weight is 266 g/mol. The lowest BCUT2D eigenvalue weighted by atomic mass is 10.00. The smallest absolute Gasteiger partial charge is 0.229 e. The molecule has 0 aromatic heterocycles. The second-order valence-electron chi connectivity index (χ2n) is 5.74. The molecular formula is C15H26N2O2. The Hall–Kier alpha value is -0.900. The van der Waals surface area contributed by atoms with Gasteiger partial charge in [-0.05, 0) is 38.6 Å². The molecule has 1 atom stereocenters. The third-order valence-electron chi connectivity index (χ3n) is 4.43. The topological polar surface area (TPSA) is 40.6 Å². The molecule has 2 fully saturated rings. The molecule has 1 unspecified atom stereocenters. The van der Waals surface area contributed by atoms with Crippen molar-refractivity contribution in [1.29, 1.82) is 0 Å². The fraction of sp³-hybridized carbons (Fsp3) is 0.867. The van der Waals surface area contributed by atoms with Crippen LogP contribution in [-0.4, -0.2) is 47.3 Å². The second-order valence-corrected chi connectivity index (χ2v) is 5.74. The number of imide groups is 1. The third kappa shape index (κ3) is 3.78. The number of carbonyl (C=O) groups is 2. The summed E-state index contributed by atoms with van der Waals surface area (Å²) in [5.41, 5.74) is 0. The summed E-state index contributed by atoms with van der Waals surface area (Å²) >= 11 is 0. The van der Waals surface area contributed by atoms with Crippen LogP contribution in [0.5, 0.6) is 0 Å². The first-order valence-corrected chi connectivity index (χ1v) is 7.79. The molecule has 2 aliphatic heterocycles. The van der Waals surface area contributed by atoms with Crippen LogP contribution in [0.4, 0.5) is 0 Å². The van der Waals surface area contributed by atoms with E-state index in [2.05, 4.69) is 11.8 Å². The molecule has 4 heteroatoms. The summed E-state index contributed by atoms with van der Waals surface area (Å²) < 4.78 is 0. The largest absolute Gasteiger partial charge is 0.300 e. The van der Waals surface area contributed by atoms with Gasteiger partial charge in [0.2, 0.25) is 11.8 Å². The Bertz CT molecular complexity index is 314. The lowest BCUT2D eigenvalue weighted by Gasteiger charge is -2.35. The lowest BCUT2D eigenvalue weighted by Crippen LogP contribution is -2.43. The molecule has 0 aromatic carbocycles. The molecule has 0 saturated carbocycles. The number of carbonyl (C=O) groups excluding carboxylic acids is 2. The molecule has 4 nitrogen and oxygen atoms in total. The number of amides is 2. The van der Waals surface area contributed by atoms with E-state index in [1.54, 1.807) is 0 Å². The Morgan fingerprint density at radius 3 is 2.47 bits per heavy atom. The normalized spacial score (nSPS) is 25.9. The van der Waals surface area contributed by atoms with E-state index in [1.807, 2.05) is 0 Å². The summed E-state index contributed by atoms with van der Waals surface area (Å²) in [6.45, 7) is 5.07. The van der Waals surface area contributed by atoms with Crippen LogP contribution in [0.15, 0.2) is 0 Å². The predicted molar refractivity (Wildman–Crippen MR) is 74.7 cm³/mol. The van der Waals surface area contributed by atoms with Crippen molar-refractivity contribution in [2.24, 2.45) is 0 Å². The van der Waals surface area contributed by atoms with Crippen molar-refractivity contribution in [3.8, 4) is 0 Å². The molecule has 0 radical (unpaired) electrons. The van der Waals surface area contributed by atoms with E-state index in [1.165, 1.54) is 37.1 Å². The first kappa shape index (κ1) is 14.5. The SMILES string of the molecule is CCC1CCCCN1CCCN1C(=O)CCCC1=O. The Labute approximate surface area is 116 Å². The summed E-state index contributed by atoms with van der Waals surface area (Å²) in [6, 6.07) is 0.710. The number of nitrogens with zero attached hydrogens (tertiary/aromatic N) is 2. The van der Waals surface area contributed by atoms with Gasteiger partial charge in [0.25, 0.3) is 0 Å². The Morgan fingerprint density at radius 1 is 1.05 bits per heavy atom. The van der Waals surface area contributed by atoms with E-state index in [0.29, 0.717) is 25.4 Å².